The van der Waals surface area contributed by atoms with Gasteiger partial charge in [0.1, 0.15) is 18.2 Å². The van der Waals surface area contributed by atoms with E-state index in [1.165, 1.54) is 11.1 Å². The van der Waals surface area contributed by atoms with Gasteiger partial charge in [0.05, 0.1) is 0 Å². The molecule has 2 aromatic carbocycles. The highest BCUT2D eigenvalue weighted by Gasteiger charge is 2.31. The summed E-state index contributed by atoms with van der Waals surface area (Å²) in [7, 11) is 0. The van der Waals surface area contributed by atoms with E-state index in [2.05, 4.69) is 52.2 Å². The molecule has 2 aromatic rings. The van der Waals surface area contributed by atoms with Crippen LogP contribution in [0.15, 0.2) is 48.5 Å². The van der Waals surface area contributed by atoms with Crippen molar-refractivity contribution in [3.8, 4) is 11.1 Å². The lowest BCUT2D eigenvalue weighted by Gasteiger charge is -2.23. The van der Waals surface area contributed by atoms with Gasteiger partial charge in [0.2, 0.25) is 0 Å². The first-order valence-electron chi connectivity index (χ1n) is 9.70. The van der Waals surface area contributed by atoms with Gasteiger partial charge >= 0.3 is 12.1 Å². The van der Waals surface area contributed by atoms with Crippen molar-refractivity contribution in [2.75, 3.05) is 11.0 Å². The Bertz CT molecular complexity index is 845. The third-order valence-electron chi connectivity index (χ3n) is 4.73. The summed E-state index contributed by atoms with van der Waals surface area (Å²) >= 11 is 2.18. The molecule has 0 spiro atoms. The maximum Gasteiger partial charge on any atom is 0.408 e. The van der Waals surface area contributed by atoms with Gasteiger partial charge in [-0.1, -0.05) is 71.1 Å². The number of ether oxygens (including phenoxy) is 2. The predicted molar refractivity (Wildman–Crippen MR) is 121 cm³/mol. The molecule has 0 radical (unpaired) electrons. The molecule has 0 saturated carbocycles. The van der Waals surface area contributed by atoms with Crippen LogP contribution >= 0.6 is 22.6 Å². The fourth-order valence-corrected chi connectivity index (χ4v) is 4.14. The first kappa shape index (κ1) is 21.6. The van der Waals surface area contributed by atoms with Crippen LogP contribution in [0, 0.1) is 0 Å². The third kappa shape index (κ3) is 5.29. The summed E-state index contributed by atoms with van der Waals surface area (Å²) in [5, 5.41) is 2.65. The van der Waals surface area contributed by atoms with Crippen LogP contribution in [0.25, 0.3) is 11.1 Å². The van der Waals surface area contributed by atoms with Crippen LogP contribution in [0.5, 0.6) is 0 Å². The molecular weight excluding hydrogens is 481 g/mol. The number of rotatable bonds is 6. The Hall–Kier alpha value is -2.09. The normalized spacial score (nSPS) is 13.9. The van der Waals surface area contributed by atoms with Crippen LogP contribution < -0.4 is 5.32 Å². The third-order valence-corrected chi connectivity index (χ3v) is 5.35. The zero-order valence-electron chi connectivity index (χ0n) is 16.9. The molecule has 0 bridgehead atoms. The van der Waals surface area contributed by atoms with E-state index in [0.29, 0.717) is 10.8 Å². The van der Waals surface area contributed by atoms with Crippen molar-refractivity contribution in [2.24, 2.45) is 0 Å². The highest BCUT2D eigenvalue weighted by Crippen LogP contribution is 2.44. The molecule has 1 N–H and O–H groups in total. The first-order valence-corrected chi connectivity index (χ1v) is 11.2. The highest BCUT2D eigenvalue weighted by atomic mass is 127. The molecule has 0 heterocycles. The van der Waals surface area contributed by atoms with Gasteiger partial charge < -0.3 is 14.8 Å². The number of carbonyl (C=O) groups excluding carboxylic acids is 2. The SMILES string of the molecule is CC(C)(C)OC(=O)NC(CCI)C(=O)OCC1c2ccccc2-c2ccccc21. The van der Waals surface area contributed by atoms with E-state index in [1.54, 1.807) is 20.8 Å². The summed E-state index contributed by atoms with van der Waals surface area (Å²) in [5.74, 6) is -0.442. The van der Waals surface area contributed by atoms with Crippen molar-refractivity contribution >= 4 is 34.7 Å². The number of benzene rings is 2. The molecule has 0 saturated heterocycles. The molecule has 1 aliphatic rings. The maximum atomic E-state index is 12.7. The van der Waals surface area contributed by atoms with Gasteiger partial charge in [0.15, 0.2) is 0 Å². The molecule has 1 unspecified atom stereocenters. The average molecular weight is 507 g/mol. The second-order valence-electron chi connectivity index (χ2n) is 8.03. The van der Waals surface area contributed by atoms with Gasteiger partial charge in [-0.15, -0.1) is 0 Å². The fourth-order valence-electron chi connectivity index (χ4n) is 3.51. The molecule has 1 amide bonds. The Balaban J connectivity index is 1.69. The quantitative estimate of drug-likeness (QED) is 0.337. The summed E-state index contributed by atoms with van der Waals surface area (Å²) in [5.41, 5.74) is 4.05. The number of hydrogen-bond donors (Lipinski definition) is 1. The number of amides is 1. The number of fused-ring (bicyclic) bond motifs is 3. The highest BCUT2D eigenvalue weighted by molar-refractivity contribution is 14.1. The Morgan fingerprint density at radius 2 is 1.59 bits per heavy atom. The number of halogens is 1. The molecule has 3 rings (SSSR count). The minimum Gasteiger partial charge on any atom is -0.463 e. The topological polar surface area (TPSA) is 64.6 Å². The Morgan fingerprint density at radius 1 is 1.03 bits per heavy atom. The van der Waals surface area contributed by atoms with Crippen LogP contribution in [0.3, 0.4) is 0 Å². The van der Waals surface area contributed by atoms with E-state index in [4.69, 9.17) is 9.47 Å². The number of carbonyl (C=O) groups is 2. The second kappa shape index (κ2) is 9.15. The van der Waals surface area contributed by atoms with E-state index in [-0.39, 0.29) is 12.5 Å². The number of hydrogen-bond acceptors (Lipinski definition) is 4. The largest absolute Gasteiger partial charge is 0.463 e. The molecule has 0 fully saturated rings. The maximum absolute atomic E-state index is 12.7. The van der Waals surface area contributed by atoms with Gasteiger partial charge in [0, 0.05) is 10.3 Å². The van der Waals surface area contributed by atoms with Crippen LogP contribution in [-0.2, 0) is 14.3 Å². The average Bonchev–Trinajstić information content (AvgIpc) is 2.98. The van der Waals surface area contributed by atoms with E-state index in [9.17, 15) is 9.59 Å². The van der Waals surface area contributed by atoms with E-state index in [0.717, 1.165) is 11.1 Å². The van der Waals surface area contributed by atoms with Crippen molar-refractivity contribution < 1.29 is 19.1 Å². The minimum atomic E-state index is -0.728. The standard InChI is InChI=1S/C23H26INO4/c1-23(2,3)29-22(27)25-20(12-13-24)21(26)28-14-19-17-10-6-4-8-15(17)16-9-5-7-11-18(16)19/h4-11,19-20H,12-14H2,1-3H3,(H,25,27). The lowest BCUT2D eigenvalue weighted by Crippen LogP contribution is -2.44. The number of alkyl carbamates (subject to hydrolysis) is 1. The van der Waals surface area contributed by atoms with Crippen molar-refractivity contribution in [3.05, 3.63) is 59.7 Å². The fraction of sp³-hybridized carbons (Fsp3) is 0.391. The molecule has 1 atom stereocenters. The summed E-state index contributed by atoms with van der Waals surface area (Å²) < 4.78 is 11.7. The van der Waals surface area contributed by atoms with Crippen molar-refractivity contribution in [1.29, 1.82) is 0 Å². The lowest BCUT2D eigenvalue weighted by atomic mass is 9.98. The Kier molecular flexibility index (Phi) is 6.82. The summed E-state index contributed by atoms with van der Waals surface area (Å²) in [6.07, 6.45) is -0.128. The van der Waals surface area contributed by atoms with Crippen LogP contribution in [0.1, 0.15) is 44.2 Å². The number of nitrogens with one attached hydrogen (secondary N) is 1. The molecule has 1 aliphatic carbocycles. The molecule has 5 nitrogen and oxygen atoms in total. The molecule has 29 heavy (non-hydrogen) atoms. The smallest absolute Gasteiger partial charge is 0.408 e. The predicted octanol–water partition coefficient (Wildman–Crippen LogP) is 5.06. The number of alkyl halides is 1. The van der Waals surface area contributed by atoms with Crippen LogP contribution in [-0.4, -0.2) is 34.7 Å². The van der Waals surface area contributed by atoms with Crippen LogP contribution in [0.4, 0.5) is 4.79 Å². The van der Waals surface area contributed by atoms with Crippen molar-refractivity contribution in [1.82, 2.24) is 5.32 Å². The van der Waals surface area contributed by atoms with Gasteiger partial charge in [-0.05, 0) is 49.4 Å². The first-order chi connectivity index (χ1) is 13.8. The van der Waals surface area contributed by atoms with Crippen LogP contribution in [0.2, 0.25) is 0 Å². The Morgan fingerprint density at radius 3 is 2.10 bits per heavy atom. The summed E-state index contributed by atoms with van der Waals surface area (Å²) in [4.78, 5) is 24.8. The summed E-state index contributed by atoms with van der Waals surface area (Å²) in [6, 6.07) is 15.7. The second-order valence-corrected chi connectivity index (χ2v) is 9.11. The van der Waals surface area contributed by atoms with E-state index < -0.39 is 23.7 Å². The van der Waals surface area contributed by atoms with Gasteiger partial charge in [0.25, 0.3) is 0 Å². The zero-order chi connectivity index (χ0) is 21.0. The molecule has 0 aromatic heterocycles. The van der Waals surface area contributed by atoms with Gasteiger partial charge in [-0.25, -0.2) is 9.59 Å². The van der Waals surface area contributed by atoms with Crippen molar-refractivity contribution in [3.63, 3.8) is 0 Å². The minimum absolute atomic E-state index is 0.00636. The monoisotopic (exact) mass is 507 g/mol. The molecule has 0 aliphatic heterocycles. The Labute approximate surface area is 185 Å². The lowest BCUT2D eigenvalue weighted by molar-refractivity contribution is -0.146. The molecule has 6 heteroatoms. The van der Waals surface area contributed by atoms with E-state index in [1.807, 2.05) is 24.3 Å². The molecular formula is C23H26INO4. The zero-order valence-corrected chi connectivity index (χ0v) is 19.1. The van der Waals surface area contributed by atoms with Gasteiger partial charge in [-0.3, -0.25) is 0 Å². The van der Waals surface area contributed by atoms with Gasteiger partial charge in [-0.2, -0.15) is 0 Å². The van der Waals surface area contributed by atoms with Crippen molar-refractivity contribution in [2.45, 2.75) is 44.8 Å². The summed E-state index contributed by atoms with van der Waals surface area (Å²) in [6.45, 7) is 5.59. The molecule has 154 valence electrons. The van der Waals surface area contributed by atoms with E-state index >= 15 is 0 Å². The number of esters is 1.